The lowest BCUT2D eigenvalue weighted by molar-refractivity contribution is 0.353. The van der Waals surface area contributed by atoms with Crippen LogP contribution in [0, 0.1) is 5.92 Å². The first kappa shape index (κ1) is 13.2. The van der Waals surface area contributed by atoms with E-state index < -0.39 is 0 Å². The maximum absolute atomic E-state index is 5.17. The Morgan fingerprint density at radius 3 is 2.69 bits per heavy atom. The van der Waals surface area contributed by atoms with Crippen LogP contribution in [0.4, 0.5) is 0 Å². The molecule has 0 aliphatic heterocycles. The number of hydrogen-bond acceptors (Lipinski definition) is 4. The number of nitrogens with zero attached hydrogens (tertiary/aromatic N) is 2. The van der Waals surface area contributed by atoms with Crippen LogP contribution in [-0.2, 0) is 13.0 Å². The molecule has 0 aliphatic rings. The lowest BCUT2D eigenvalue weighted by atomic mass is 10.1. The van der Waals surface area contributed by atoms with Crippen LogP contribution in [-0.4, -0.2) is 16.2 Å². The summed E-state index contributed by atoms with van der Waals surface area (Å²) in [5.74, 6) is 2.20. The Morgan fingerprint density at radius 1 is 1.31 bits per heavy atom. The molecule has 1 N–H and O–H groups in total. The Balaban J connectivity index is 2.33. The summed E-state index contributed by atoms with van der Waals surface area (Å²) in [6, 6.07) is 0.492. The fourth-order valence-corrected chi connectivity index (χ4v) is 1.29. The first-order valence-corrected chi connectivity index (χ1v) is 6.16. The van der Waals surface area contributed by atoms with E-state index in [2.05, 4.69) is 43.2 Å². The second-order valence-electron chi connectivity index (χ2n) is 4.73. The Bertz CT molecular complexity index is 296. The molecular weight excluding hydrogens is 202 g/mol. The standard InChI is InChI=1S/C12H23N3O/c1-5-10(4)13-8-12-14-11(15-16-12)7-6-9(2)3/h9-10,13H,5-8H2,1-4H3. The predicted octanol–water partition coefficient (Wildman–Crippen LogP) is 2.55. The van der Waals surface area contributed by atoms with E-state index in [1.807, 2.05) is 0 Å². The van der Waals surface area contributed by atoms with Crippen LogP contribution >= 0.6 is 0 Å². The first-order chi connectivity index (χ1) is 7.61. The molecule has 4 nitrogen and oxygen atoms in total. The summed E-state index contributed by atoms with van der Waals surface area (Å²) in [6.45, 7) is 9.37. The highest BCUT2D eigenvalue weighted by Gasteiger charge is 2.07. The van der Waals surface area contributed by atoms with E-state index in [1.165, 1.54) is 0 Å². The molecule has 1 heterocycles. The highest BCUT2D eigenvalue weighted by molar-refractivity contribution is 4.86. The molecule has 0 saturated heterocycles. The van der Waals surface area contributed by atoms with Gasteiger partial charge in [-0.15, -0.1) is 0 Å². The molecule has 0 aliphatic carbocycles. The lowest BCUT2D eigenvalue weighted by Crippen LogP contribution is -2.24. The highest BCUT2D eigenvalue weighted by Crippen LogP contribution is 2.06. The molecule has 92 valence electrons. The largest absolute Gasteiger partial charge is 0.338 e. The average Bonchev–Trinajstić information content (AvgIpc) is 2.71. The van der Waals surface area contributed by atoms with Crippen molar-refractivity contribution in [2.24, 2.45) is 5.92 Å². The zero-order chi connectivity index (χ0) is 12.0. The zero-order valence-electron chi connectivity index (χ0n) is 10.8. The molecule has 0 spiro atoms. The summed E-state index contributed by atoms with van der Waals surface area (Å²) in [5, 5.41) is 7.30. The number of rotatable bonds is 7. The zero-order valence-corrected chi connectivity index (χ0v) is 10.8. The molecule has 1 atom stereocenters. The van der Waals surface area contributed by atoms with Crippen LogP contribution in [0.2, 0.25) is 0 Å². The summed E-state index contributed by atoms with van der Waals surface area (Å²) in [6.07, 6.45) is 3.12. The summed E-state index contributed by atoms with van der Waals surface area (Å²) < 4.78 is 5.17. The van der Waals surface area contributed by atoms with Crippen LogP contribution in [0.15, 0.2) is 4.52 Å². The van der Waals surface area contributed by atoms with Gasteiger partial charge >= 0.3 is 0 Å². The molecule has 1 rings (SSSR count). The van der Waals surface area contributed by atoms with E-state index >= 15 is 0 Å². The summed E-state index contributed by atoms with van der Waals surface area (Å²) in [4.78, 5) is 4.35. The summed E-state index contributed by atoms with van der Waals surface area (Å²) in [7, 11) is 0. The first-order valence-electron chi connectivity index (χ1n) is 6.16. The van der Waals surface area contributed by atoms with Gasteiger partial charge in [-0.3, -0.25) is 0 Å². The van der Waals surface area contributed by atoms with Crippen LogP contribution in [0.25, 0.3) is 0 Å². The van der Waals surface area contributed by atoms with Gasteiger partial charge in [-0.1, -0.05) is 25.9 Å². The minimum absolute atomic E-state index is 0.492. The van der Waals surface area contributed by atoms with Crippen molar-refractivity contribution in [2.75, 3.05) is 0 Å². The van der Waals surface area contributed by atoms with Crippen LogP contribution in [0.3, 0.4) is 0 Å². The van der Waals surface area contributed by atoms with E-state index in [0.717, 1.165) is 25.1 Å². The Kier molecular flexibility index (Phi) is 5.46. The lowest BCUT2D eigenvalue weighted by Gasteiger charge is -2.07. The normalized spacial score (nSPS) is 13.3. The second kappa shape index (κ2) is 6.63. The summed E-state index contributed by atoms with van der Waals surface area (Å²) in [5.41, 5.74) is 0. The Morgan fingerprint density at radius 2 is 2.06 bits per heavy atom. The third-order valence-electron chi connectivity index (χ3n) is 2.67. The van der Waals surface area contributed by atoms with Gasteiger partial charge in [0, 0.05) is 12.5 Å². The number of nitrogens with one attached hydrogen (secondary N) is 1. The molecule has 0 amide bonds. The van der Waals surface area contributed by atoms with Gasteiger partial charge in [0.2, 0.25) is 5.89 Å². The van der Waals surface area contributed by atoms with E-state index in [4.69, 9.17) is 4.52 Å². The van der Waals surface area contributed by atoms with E-state index in [9.17, 15) is 0 Å². The average molecular weight is 225 g/mol. The van der Waals surface area contributed by atoms with Gasteiger partial charge in [0.15, 0.2) is 5.82 Å². The second-order valence-corrected chi connectivity index (χ2v) is 4.73. The molecule has 0 aromatic carbocycles. The van der Waals surface area contributed by atoms with Gasteiger partial charge in [-0.2, -0.15) is 4.98 Å². The van der Waals surface area contributed by atoms with Crippen molar-refractivity contribution in [3.63, 3.8) is 0 Å². The minimum Gasteiger partial charge on any atom is -0.338 e. The van der Waals surface area contributed by atoms with Crippen molar-refractivity contribution in [1.82, 2.24) is 15.5 Å². The quantitative estimate of drug-likeness (QED) is 0.774. The molecule has 1 aromatic rings. The van der Waals surface area contributed by atoms with Crippen molar-refractivity contribution in [1.29, 1.82) is 0 Å². The molecule has 0 saturated carbocycles. The predicted molar refractivity (Wildman–Crippen MR) is 64.0 cm³/mol. The van der Waals surface area contributed by atoms with Gasteiger partial charge in [-0.05, 0) is 25.7 Å². The van der Waals surface area contributed by atoms with Gasteiger partial charge < -0.3 is 9.84 Å². The molecule has 1 aromatic heterocycles. The van der Waals surface area contributed by atoms with Crippen molar-refractivity contribution in [3.05, 3.63) is 11.7 Å². The van der Waals surface area contributed by atoms with Crippen LogP contribution in [0.1, 0.15) is 52.3 Å². The third kappa shape index (κ3) is 4.75. The van der Waals surface area contributed by atoms with Crippen molar-refractivity contribution < 1.29 is 4.52 Å². The molecule has 0 fully saturated rings. The van der Waals surface area contributed by atoms with E-state index in [0.29, 0.717) is 24.4 Å². The van der Waals surface area contributed by atoms with Gasteiger partial charge in [-0.25, -0.2) is 0 Å². The number of aromatic nitrogens is 2. The molecule has 1 unspecified atom stereocenters. The molecule has 0 radical (unpaired) electrons. The Labute approximate surface area is 97.8 Å². The van der Waals surface area contributed by atoms with Gasteiger partial charge in [0.1, 0.15) is 0 Å². The van der Waals surface area contributed by atoms with Crippen molar-refractivity contribution in [2.45, 2.75) is 59.5 Å². The van der Waals surface area contributed by atoms with E-state index in [-0.39, 0.29) is 0 Å². The fraction of sp³-hybridized carbons (Fsp3) is 0.833. The van der Waals surface area contributed by atoms with Crippen molar-refractivity contribution in [3.8, 4) is 0 Å². The topological polar surface area (TPSA) is 51.0 Å². The fourth-order valence-electron chi connectivity index (χ4n) is 1.29. The SMILES string of the molecule is CCC(C)NCc1nc(CCC(C)C)no1. The van der Waals surface area contributed by atoms with Crippen LogP contribution < -0.4 is 5.32 Å². The highest BCUT2D eigenvalue weighted by atomic mass is 16.5. The minimum atomic E-state index is 0.492. The maximum atomic E-state index is 5.17. The van der Waals surface area contributed by atoms with Gasteiger partial charge in [0.25, 0.3) is 0 Å². The molecule has 4 heteroatoms. The molecular formula is C12H23N3O. The monoisotopic (exact) mass is 225 g/mol. The number of hydrogen-bond donors (Lipinski definition) is 1. The summed E-state index contributed by atoms with van der Waals surface area (Å²) >= 11 is 0. The smallest absolute Gasteiger partial charge is 0.240 e. The maximum Gasteiger partial charge on any atom is 0.240 e. The third-order valence-corrected chi connectivity index (χ3v) is 2.67. The Hall–Kier alpha value is -0.900. The number of aryl methyl sites for hydroxylation is 1. The van der Waals surface area contributed by atoms with Crippen molar-refractivity contribution >= 4 is 0 Å². The van der Waals surface area contributed by atoms with Crippen LogP contribution in [0.5, 0.6) is 0 Å². The van der Waals surface area contributed by atoms with E-state index in [1.54, 1.807) is 0 Å². The van der Waals surface area contributed by atoms with Gasteiger partial charge in [0.05, 0.1) is 6.54 Å². The molecule has 0 bridgehead atoms. The molecule has 16 heavy (non-hydrogen) atoms.